The van der Waals surface area contributed by atoms with Gasteiger partial charge in [0.05, 0.1) is 13.2 Å². The second-order valence-corrected chi connectivity index (χ2v) is 5.10. The fourth-order valence-electron chi connectivity index (χ4n) is 2.58. The maximum atomic E-state index is 5.79. The Morgan fingerprint density at radius 2 is 1.62 bits per heavy atom. The van der Waals surface area contributed by atoms with Gasteiger partial charge in [0.15, 0.2) is 5.79 Å². The molecule has 0 unspecified atom stereocenters. The quantitative estimate of drug-likeness (QED) is 0.834. The molecule has 0 aliphatic carbocycles. The largest absolute Gasteiger partial charge is 0.489 e. The minimum absolute atomic E-state index is 0.571. The Balaban J connectivity index is 1.67. The molecule has 1 aliphatic rings. The molecule has 1 saturated heterocycles. The monoisotopic (exact) mass is 284 g/mol. The lowest BCUT2D eigenvalue weighted by Gasteiger charge is -2.26. The van der Waals surface area contributed by atoms with Gasteiger partial charge in [0, 0.05) is 12.0 Å². The zero-order valence-corrected chi connectivity index (χ0v) is 12.2. The average molecular weight is 284 g/mol. The van der Waals surface area contributed by atoms with Crippen molar-refractivity contribution in [3.8, 4) is 5.75 Å². The molecular formula is C18H20O3. The first-order valence-electron chi connectivity index (χ1n) is 7.37. The second-order valence-electron chi connectivity index (χ2n) is 5.10. The molecular weight excluding hydrogens is 264 g/mol. The molecule has 3 nitrogen and oxygen atoms in total. The van der Waals surface area contributed by atoms with Gasteiger partial charge in [0.1, 0.15) is 12.4 Å². The zero-order valence-electron chi connectivity index (χ0n) is 12.2. The van der Waals surface area contributed by atoms with Crippen LogP contribution < -0.4 is 4.74 Å². The topological polar surface area (TPSA) is 27.7 Å². The van der Waals surface area contributed by atoms with E-state index in [2.05, 4.69) is 19.1 Å². The SMILES string of the molecule is CCC1(c2ccc(OCc3ccccc3)cc2)OCCO1. The summed E-state index contributed by atoms with van der Waals surface area (Å²) in [5, 5.41) is 0. The molecule has 1 aliphatic heterocycles. The third-order valence-electron chi connectivity index (χ3n) is 3.76. The second kappa shape index (κ2) is 6.29. The highest BCUT2D eigenvalue weighted by molar-refractivity contribution is 5.30. The van der Waals surface area contributed by atoms with Crippen molar-refractivity contribution in [2.45, 2.75) is 25.7 Å². The van der Waals surface area contributed by atoms with Gasteiger partial charge in [-0.05, 0) is 29.8 Å². The van der Waals surface area contributed by atoms with Gasteiger partial charge in [0.2, 0.25) is 0 Å². The minimum Gasteiger partial charge on any atom is -0.489 e. The summed E-state index contributed by atoms with van der Waals surface area (Å²) in [4.78, 5) is 0. The Hall–Kier alpha value is -1.84. The summed E-state index contributed by atoms with van der Waals surface area (Å²) in [7, 11) is 0. The van der Waals surface area contributed by atoms with Crippen LogP contribution in [0.5, 0.6) is 5.75 Å². The van der Waals surface area contributed by atoms with Crippen LogP contribution >= 0.6 is 0 Å². The average Bonchev–Trinajstić information content (AvgIpc) is 3.05. The Morgan fingerprint density at radius 3 is 2.24 bits per heavy atom. The van der Waals surface area contributed by atoms with Crippen molar-refractivity contribution < 1.29 is 14.2 Å². The van der Waals surface area contributed by atoms with E-state index in [1.54, 1.807) is 0 Å². The van der Waals surface area contributed by atoms with E-state index in [4.69, 9.17) is 14.2 Å². The molecule has 2 aromatic carbocycles. The van der Waals surface area contributed by atoms with Gasteiger partial charge in [-0.2, -0.15) is 0 Å². The van der Waals surface area contributed by atoms with Crippen molar-refractivity contribution in [2.24, 2.45) is 0 Å². The molecule has 0 bridgehead atoms. The molecule has 0 amide bonds. The summed E-state index contributed by atoms with van der Waals surface area (Å²) in [6.07, 6.45) is 0.803. The van der Waals surface area contributed by atoms with E-state index in [0.717, 1.165) is 23.3 Å². The van der Waals surface area contributed by atoms with Crippen molar-refractivity contribution in [1.29, 1.82) is 0 Å². The van der Waals surface area contributed by atoms with Crippen LogP contribution in [-0.4, -0.2) is 13.2 Å². The number of hydrogen-bond donors (Lipinski definition) is 0. The normalized spacial score (nSPS) is 16.8. The summed E-state index contributed by atoms with van der Waals surface area (Å²) in [5.41, 5.74) is 2.21. The fraction of sp³-hybridized carbons (Fsp3) is 0.333. The molecule has 3 rings (SSSR count). The highest BCUT2D eigenvalue weighted by atomic mass is 16.7. The van der Waals surface area contributed by atoms with Gasteiger partial charge >= 0.3 is 0 Å². The van der Waals surface area contributed by atoms with Crippen molar-refractivity contribution in [1.82, 2.24) is 0 Å². The first-order chi connectivity index (χ1) is 10.3. The molecule has 3 heteroatoms. The van der Waals surface area contributed by atoms with Crippen LogP contribution in [0.2, 0.25) is 0 Å². The molecule has 0 spiro atoms. The smallest absolute Gasteiger partial charge is 0.194 e. The summed E-state index contributed by atoms with van der Waals surface area (Å²) < 4.78 is 17.4. The molecule has 0 saturated carbocycles. The summed E-state index contributed by atoms with van der Waals surface area (Å²) >= 11 is 0. The van der Waals surface area contributed by atoms with Crippen molar-refractivity contribution in [2.75, 3.05) is 13.2 Å². The molecule has 0 aromatic heterocycles. The van der Waals surface area contributed by atoms with E-state index in [1.807, 2.05) is 42.5 Å². The minimum atomic E-state index is -0.571. The standard InChI is InChI=1S/C18H20O3/c1-2-18(20-12-13-21-18)16-8-10-17(11-9-16)19-14-15-6-4-3-5-7-15/h3-11H,2,12-14H2,1H3. The van der Waals surface area contributed by atoms with E-state index in [0.29, 0.717) is 19.8 Å². The van der Waals surface area contributed by atoms with E-state index in [9.17, 15) is 0 Å². The fourth-order valence-corrected chi connectivity index (χ4v) is 2.58. The maximum absolute atomic E-state index is 5.79. The number of hydrogen-bond acceptors (Lipinski definition) is 3. The van der Waals surface area contributed by atoms with Gasteiger partial charge in [-0.3, -0.25) is 0 Å². The van der Waals surface area contributed by atoms with Crippen molar-refractivity contribution in [3.05, 3.63) is 65.7 Å². The third kappa shape index (κ3) is 3.09. The van der Waals surface area contributed by atoms with Crippen LogP contribution in [0.4, 0.5) is 0 Å². The van der Waals surface area contributed by atoms with Gasteiger partial charge < -0.3 is 14.2 Å². The Kier molecular flexibility index (Phi) is 4.23. The summed E-state index contributed by atoms with van der Waals surface area (Å²) in [6.45, 7) is 3.96. The predicted octanol–water partition coefficient (Wildman–Crippen LogP) is 3.88. The van der Waals surface area contributed by atoms with Crippen LogP contribution in [-0.2, 0) is 21.9 Å². The predicted molar refractivity (Wildman–Crippen MR) is 81.1 cm³/mol. The summed E-state index contributed by atoms with van der Waals surface area (Å²) in [6, 6.07) is 18.1. The lowest BCUT2D eigenvalue weighted by atomic mass is 10.0. The van der Waals surface area contributed by atoms with Gasteiger partial charge in [-0.25, -0.2) is 0 Å². The van der Waals surface area contributed by atoms with E-state index < -0.39 is 5.79 Å². The molecule has 110 valence electrons. The van der Waals surface area contributed by atoms with Crippen molar-refractivity contribution in [3.63, 3.8) is 0 Å². The Morgan fingerprint density at radius 1 is 0.952 bits per heavy atom. The lowest BCUT2D eigenvalue weighted by molar-refractivity contribution is -0.167. The number of benzene rings is 2. The number of rotatable bonds is 5. The van der Waals surface area contributed by atoms with Gasteiger partial charge in [-0.1, -0.05) is 37.3 Å². The van der Waals surface area contributed by atoms with E-state index >= 15 is 0 Å². The number of ether oxygens (including phenoxy) is 3. The molecule has 2 aromatic rings. The first kappa shape index (κ1) is 14.1. The van der Waals surface area contributed by atoms with Crippen LogP contribution in [0.1, 0.15) is 24.5 Å². The molecule has 1 heterocycles. The Bertz CT molecular complexity index is 557. The maximum Gasteiger partial charge on any atom is 0.194 e. The Labute approximate surface area is 125 Å². The van der Waals surface area contributed by atoms with E-state index in [1.165, 1.54) is 0 Å². The zero-order chi connectivity index (χ0) is 14.5. The van der Waals surface area contributed by atoms with Crippen LogP contribution in [0.25, 0.3) is 0 Å². The molecule has 0 atom stereocenters. The van der Waals surface area contributed by atoms with E-state index in [-0.39, 0.29) is 0 Å². The molecule has 0 radical (unpaired) electrons. The molecule has 1 fully saturated rings. The van der Waals surface area contributed by atoms with Crippen molar-refractivity contribution >= 4 is 0 Å². The van der Waals surface area contributed by atoms with Gasteiger partial charge in [-0.15, -0.1) is 0 Å². The van der Waals surface area contributed by atoms with Crippen LogP contribution in [0.3, 0.4) is 0 Å². The highest BCUT2D eigenvalue weighted by Gasteiger charge is 2.36. The summed E-state index contributed by atoms with van der Waals surface area (Å²) in [5.74, 6) is 0.282. The first-order valence-corrected chi connectivity index (χ1v) is 7.37. The van der Waals surface area contributed by atoms with Crippen LogP contribution in [0, 0.1) is 0 Å². The third-order valence-corrected chi connectivity index (χ3v) is 3.76. The van der Waals surface area contributed by atoms with Gasteiger partial charge in [0.25, 0.3) is 0 Å². The highest BCUT2D eigenvalue weighted by Crippen LogP contribution is 2.35. The van der Waals surface area contributed by atoms with Crippen LogP contribution in [0.15, 0.2) is 54.6 Å². The molecule has 0 N–H and O–H groups in total. The lowest BCUT2D eigenvalue weighted by Crippen LogP contribution is -2.25. The molecule has 21 heavy (non-hydrogen) atoms.